The Hall–Kier alpha value is -3.16. The van der Waals surface area contributed by atoms with E-state index in [2.05, 4.69) is 20.2 Å². The van der Waals surface area contributed by atoms with Gasteiger partial charge in [-0.1, -0.05) is 12.1 Å². The molecule has 8 nitrogen and oxygen atoms in total. The minimum absolute atomic E-state index is 0.213. The van der Waals surface area contributed by atoms with Gasteiger partial charge < -0.3 is 14.5 Å². The van der Waals surface area contributed by atoms with Crippen molar-refractivity contribution in [1.29, 1.82) is 0 Å². The van der Waals surface area contributed by atoms with Gasteiger partial charge in [-0.3, -0.25) is 4.79 Å². The van der Waals surface area contributed by atoms with Gasteiger partial charge in [0.15, 0.2) is 11.5 Å². The zero-order valence-corrected chi connectivity index (χ0v) is 17.2. The quantitative estimate of drug-likeness (QED) is 0.625. The normalized spacial score (nSPS) is 16.8. The summed E-state index contributed by atoms with van der Waals surface area (Å²) in [7, 11) is 1.66. The lowest BCUT2D eigenvalue weighted by molar-refractivity contribution is -0.131. The molecule has 1 aliphatic carbocycles. The Kier molecular flexibility index (Phi) is 4.98. The zero-order chi connectivity index (χ0) is 20.5. The number of amides is 1. The molecule has 3 aromatic rings. The fourth-order valence-corrected chi connectivity index (χ4v) is 3.98. The molecule has 0 spiro atoms. The highest BCUT2D eigenvalue weighted by atomic mass is 16.5. The summed E-state index contributed by atoms with van der Waals surface area (Å²) in [6, 6.07) is 9.96. The number of ether oxygens (including phenoxy) is 1. The average molecular weight is 406 g/mol. The number of fused-ring (bicyclic) bond motifs is 1. The number of nitrogens with zero attached hydrogens (tertiary/aromatic N) is 6. The Balaban J connectivity index is 1.15. The van der Waals surface area contributed by atoms with Crippen molar-refractivity contribution in [2.75, 3.05) is 38.2 Å². The largest absolute Gasteiger partial charge is 0.497 e. The molecule has 0 N–H and O–H groups in total. The summed E-state index contributed by atoms with van der Waals surface area (Å²) in [6.45, 7) is 3.06. The minimum Gasteiger partial charge on any atom is -0.497 e. The van der Waals surface area contributed by atoms with Crippen molar-refractivity contribution >= 4 is 17.2 Å². The third-order valence-corrected chi connectivity index (χ3v) is 6.00. The molecule has 156 valence electrons. The highest BCUT2D eigenvalue weighted by Crippen LogP contribution is 2.38. The van der Waals surface area contributed by atoms with E-state index in [1.54, 1.807) is 7.11 Å². The molecule has 1 amide bonds. The molecule has 0 radical (unpaired) electrons. The number of carbonyl (C=O) groups excluding carboxylic acids is 1. The third kappa shape index (κ3) is 3.81. The predicted molar refractivity (Wildman–Crippen MR) is 113 cm³/mol. The van der Waals surface area contributed by atoms with Gasteiger partial charge in [-0.25, -0.2) is 0 Å². The molecular weight excluding hydrogens is 380 g/mol. The standard InChI is InChI=1S/C22H26N6O2/c1-30-19-7-2-16(3-8-19)4-9-21(29)27-12-10-26(11-13-27)18-14-20-24-25-22(17-5-6-17)28(20)23-15-18/h2-3,7-8,14-15,17H,4-6,9-13H2,1H3. The summed E-state index contributed by atoms with van der Waals surface area (Å²) >= 11 is 0. The first-order valence-corrected chi connectivity index (χ1v) is 10.6. The first-order valence-electron chi connectivity index (χ1n) is 10.6. The van der Waals surface area contributed by atoms with E-state index in [0.29, 0.717) is 12.3 Å². The van der Waals surface area contributed by atoms with Crippen LogP contribution in [0.1, 0.15) is 36.6 Å². The van der Waals surface area contributed by atoms with Crippen LogP contribution in [0, 0.1) is 0 Å². The van der Waals surface area contributed by atoms with Crippen LogP contribution in [-0.4, -0.2) is 63.9 Å². The van der Waals surface area contributed by atoms with E-state index in [4.69, 9.17) is 4.74 Å². The van der Waals surface area contributed by atoms with E-state index in [1.165, 1.54) is 12.8 Å². The number of hydrogen-bond acceptors (Lipinski definition) is 6. The van der Waals surface area contributed by atoms with Crippen LogP contribution in [0.4, 0.5) is 5.69 Å². The number of anilines is 1. The molecule has 8 heteroatoms. The lowest BCUT2D eigenvalue weighted by Gasteiger charge is -2.36. The van der Waals surface area contributed by atoms with E-state index in [-0.39, 0.29) is 5.91 Å². The topological polar surface area (TPSA) is 75.9 Å². The molecule has 1 saturated carbocycles. The van der Waals surface area contributed by atoms with Crippen LogP contribution in [0.15, 0.2) is 36.5 Å². The molecule has 0 bridgehead atoms. The van der Waals surface area contributed by atoms with E-state index in [9.17, 15) is 4.79 Å². The number of rotatable bonds is 6. The number of aryl methyl sites for hydroxylation is 1. The molecule has 0 unspecified atom stereocenters. The van der Waals surface area contributed by atoms with Crippen molar-refractivity contribution < 1.29 is 9.53 Å². The fraction of sp³-hybridized carbons (Fsp3) is 0.455. The molecule has 1 saturated heterocycles. The maximum atomic E-state index is 12.6. The molecule has 0 atom stereocenters. The molecule has 2 fully saturated rings. The van der Waals surface area contributed by atoms with E-state index in [0.717, 1.165) is 61.1 Å². The van der Waals surface area contributed by atoms with Gasteiger partial charge in [0.25, 0.3) is 0 Å². The summed E-state index contributed by atoms with van der Waals surface area (Å²) in [5.41, 5.74) is 3.00. The van der Waals surface area contributed by atoms with Crippen molar-refractivity contribution in [2.24, 2.45) is 0 Å². The van der Waals surface area contributed by atoms with Crippen LogP contribution < -0.4 is 9.64 Å². The SMILES string of the molecule is COc1ccc(CCC(=O)N2CCN(c3cnn4c(C5CC5)nnc4c3)CC2)cc1. The fourth-order valence-electron chi connectivity index (χ4n) is 3.98. The molecular formula is C22H26N6O2. The van der Waals surface area contributed by atoms with Crippen LogP contribution in [0.25, 0.3) is 5.65 Å². The summed E-state index contributed by atoms with van der Waals surface area (Å²) in [6.07, 6.45) is 5.53. The maximum Gasteiger partial charge on any atom is 0.223 e. The van der Waals surface area contributed by atoms with Crippen LogP contribution in [-0.2, 0) is 11.2 Å². The summed E-state index contributed by atoms with van der Waals surface area (Å²) < 4.78 is 7.04. The first kappa shape index (κ1) is 18.8. The number of carbonyl (C=O) groups is 1. The second-order valence-electron chi connectivity index (χ2n) is 8.03. The first-order chi connectivity index (χ1) is 14.7. The van der Waals surface area contributed by atoms with Gasteiger partial charge in [0.2, 0.25) is 5.91 Å². The summed E-state index contributed by atoms with van der Waals surface area (Å²) in [4.78, 5) is 16.9. The zero-order valence-electron chi connectivity index (χ0n) is 17.2. The van der Waals surface area contributed by atoms with Crippen molar-refractivity contribution in [3.63, 3.8) is 0 Å². The van der Waals surface area contributed by atoms with Gasteiger partial charge >= 0.3 is 0 Å². The van der Waals surface area contributed by atoms with Crippen LogP contribution in [0.2, 0.25) is 0 Å². The average Bonchev–Trinajstić information content (AvgIpc) is 3.56. The van der Waals surface area contributed by atoms with Crippen molar-refractivity contribution in [3.8, 4) is 5.75 Å². The Morgan fingerprint density at radius 1 is 1.10 bits per heavy atom. The Morgan fingerprint density at radius 3 is 2.57 bits per heavy atom. The molecule has 30 heavy (non-hydrogen) atoms. The molecule has 2 aromatic heterocycles. The molecule has 1 aliphatic heterocycles. The van der Waals surface area contributed by atoms with Gasteiger partial charge in [0.1, 0.15) is 5.75 Å². The highest BCUT2D eigenvalue weighted by Gasteiger charge is 2.29. The lowest BCUT2D eigenvalue weighted by atomic mass is 10.1. The van der Waals surface area contributed by atoms with E-state index in [1.807, 2.05) is 45.9 Å². The van der Waals surface area contributed by atoms with Crippen molar-refractivity contribution in [1.82, 2.24) is 24.7 Å². The lowest BCUT2D eigenvalue weighted by Crippen LogP contribution is -2.48. The second-order valence-corrected chi connectivity index (χ2v) is 8.03. The maximum absolute atomic E-state index is 12.6. The summed E-state index contributed by atoms with van der Waals surface area (Å²) in [5.74, 6) is 2.55. The number of aromatic nitrogens is 4. The van der Waals surface area contributed by atoms with E-state index >= 15 is 0 Å². The Labute approximate surface area is 175 Å². The van der Waals surface area contributed by atoms with Gasteiger partial charge in [0, 0.05) is 44.6 Å². The molecule has 3 heterocycles. The monoisotopic (exact) mass is 406 g/mol. The van der Waals surface area contributed by atoms with Gasteiger partial charge in [0.05, 0.1) is 19.0 Å². The van der Waals surface area contributed by atoms with Crippen LogP contribution in [0.5, 0.6) is 5.75 Å². The van der Waals surface area contributed by atoms with Gasteiger partial charge in [-0.2, -0.15) is 9.61 Å². The molecule has 5 rings (SSSR count). The molecule has 2 aliphatic rings. The Bertz CT molecular complexity index is 1040. The van der Waals surface area contributed by atoms with Crippen molar-refractivity contribution in [2.45, 2.75) is 31.6 Å². The second kappa shape index (κ2) is 7.93. The predicted octanol–water partition coefficient (Wildman–Crippen LogP) is 2.29. The number of hydrogen-bond donors (Lipinski definition) is 0. The third-order valence-electron chi connectivity index (χ3n) is 6.00. The number of piperazine rings is 1. The number of benzene rings is 1. The van der Waals surface area contributed by atoms with Gasteiger partial charge in [-0.15, -0.1) is 10.2 Å². The van der Waals surface area contributed by atoms with Gasteiger partial charge in [-0.05, 0) is 37.0 Å². The Morgan fingerprint density at radius 2 is 1.87 bits per heavy atom. The highest BCUT2D eigenvalue weighted by molar-refractivity contribution is 5.76. The van der Waals surface area contributed by atoms with Crippen molar-refractivity contribution in [3.05, 3.63) is 47.9 Å². The minimum atomic E-state index is 0.213. The molecule has 1 aromatic carbocycles. The van der Waals surface area contributed by atoms with Crippen LogP contribution >= 0.6 is 0 Å². The van der Waals surface area contributed by atoms with E-state index < -0.39 is 0 Å². The van der Waals surface area contributed by atoms with Crippen LogP contribution in [0.3, 0.4) is 0 Å². The summed E-state index contributed by atoms with van der Waals surface area (Å²) in [5, 5.41) is 13.2. The number of methoxy groups -OCH3 is 1. The smallest absolute Gasteiger partial charge is 0.223 e.